The number of amides is 2. The lowest BCUT2D eigenvalue weighted by molar-refractivity contribution is -0.149. The highest BCUT2D eigenvalue weighted by molar-refractivity contribution is 5.87. The molecule has 0 aromatic heterocycles. The number of hydrogen-bond donors (Lipinski definition) is 1. The van der Waals surface area contributed by atoms with Gasteiger partial charge in [0.15, 0.2) is 0 Å². The van der Waals surface area contributed by atoms with E-state index in [4.69, 9.17) is 9.47 Å². The summed E-state index contributed by atoms with van der Waals surface area (Å²) in [6, 6.07) is 0. The van der Waals surface area contributed by atoms with Gasteiger partial charge in [0.1, 0.15) is 6.10 Å². The van der Waals surface area contributed by atoms with E-state index >= 15 is 0 Å². The average molecular weight is 310 g/mol. The van der Waals surface area contributed by atoms with Crippen LogP contribution in [0.2, 0.25) is 0 Å². The topological polar surface area (TPSA) is 71.1 Å². The zero-order chi connectivity index (χ0) is 14.3. The van der Waals surface area contributed by atoms with Gasteiger partial charge in [0.05, 0.1) is 19.8 Å². The highest BCUT2D eigenvalue weighted by Crippen LogP contribution is 2.03. The number of nitrogens with zero attached hydrogens (tertiary/aromatic N) is 2. The van der Waals surface area contributed by atoms with Crippen molar-refractivity contribution in [2.45, 2.75) is 6.10 Å². The first-order valence-corrected chi connectivity index (χ1v) is 6.36. The Morgan fingerprint density at radius 3 is 2.60 bits per heavy atom. The van der Waals surface area contributed by atoms with Gasteiger partial charge in [0.2, 0.25) is 5.91 Å². The monoisotopic (exact) mass is 309 g/mol. The molecule has 0 aromatic carbocycles. The van der Waals surface area contributed by atoms with E-state index in [1.54, 1.807) is 21.2 Å². The molecule has 8 heteroatoms. The van der Waals surface area contributed by atoms with E-state index in [1.165, 1.54) is 9.80 Å². The molecule has 1 N–H and O–H groups in total. The molecule has 0 bridgehead atoms. The second kappa shape index (κ2) is 9.93. The third-order valence-electron chi connectivity index (χ3n) is 2.90. The van der Waals surface area contributed by atoms with Crippen molar-refractivity contribution in [1.29, 1.82) is 0 Å². The van der Waals surface area contributed by atoms with E-state index in [0.29, 0.717) is 26.3 Å². The Bertz CT molecular complexity index is 309. The number of ether oxygens (including phenoxy) is 2. The average Bonchev–Trinajstić information content (AvgIpc) is 2.43. The van der Waals surface area contributed by atoms with Crippen molar-refractivity contribution in [3.63, 3.8) is 0 Å². The van der Waals surface area contributed by atoms with Crippen LogP contribution in [0, 0.1) is 0 Å². The fourth-order valence-electron chi connectivity index (χ4n) is 1.70. The Morgan fingerprint density at radius 1 is 1.40 bits per heavy atom. The molecule has 1 fully saturated rings. The summed E-state index contributed by atoms with van der Waals surface area (Å²) in [6.07, 6.45) is -0.513. The Kier molecular flexibility index (Phi) is 9.49. The van der Waals surface area contributed by atoms with Gasteiger partial charge in [-0.15, -0.1) is 12.4 Å². The molecule has 7 nitrogen and oxygen atoms in total. The van der Waals surface area contributed by atoms with Crippen molar-refractivity contribution >= 4 is 24.2 Å². The van der Waals surface area contributed by atoms with Gasteiger partial charge in [0.25, 0.3) is 5.91 Å². The maximum absolute atomic E-state index is 12.3. The molecule has 1 aliphatic heterocycles. The minimum Gasteiger partial charge on any atom is -0.383 e. The van der Waals surface area contributed by atoms with Crippen LogP contribution in [0.25, 0.3) is 0 Å². The molecule has 1 unspecified atom stereocenters. The van der Waals surface area contributed by atoms with Crippen molar-refractivity contribution in [3.05, 3.63) is 0 Å². The van der Waals surface area contributed by atoms with Crippen LogP contribution in [0.15, 0.2) is 0 Å². The fourth-order valence-corrected chi connectivity index (χ4v) is 1.70. The lowest BCUT2D eigenvalue weighted by Gasteiger charge is -2.30. The van der Waals surface area contributed by atoms with Crippen molar-refractivity contribution in [2.75, 3.05) is 60.6 Å². The molecule has 1 aliphatic rings. The maximum atomic E-state index is 12.3. The zero-order valence-corrected chi connectivity index (χ0v) is 13.1. The van der Waals surface area contributed by atoms with E-state index in [2.05, 4.69) is 5.32 Å². The standard InChI is InChI=1S/C12H23N3O4.ClH/c1-14(2)11(16)9-15(5-7-18-3)12(17)10-8-13-4-6-19-10;/h10,13H,4-9H2,1-3H3;1H. The van der Waals surface area contributed by atoms with E-state index < -0.39 is 6.10 Å². The van der Waals surface area contributed by atoms with Gasteiger partial charge in [-0.25, -0.2) is 0 Å². The predicted molar refractivity (Wildman–Crippen MR) is 77.0 cm³/mol. The van der Waals surface area contributed by atoms with E-state index in [-0.39, 0.29) is 30.8 Å². The van der Waals surface area contributed by atoms with Crippen molar-refractivity contribution in [3.8, 4) is 0 Å². The molecule has 0 aliphatic carbocycles. The molecule has 2 amide bonds. The Morgan fingerprint density at radius 2 is 2.10 bits per heavy atom. The minimum absolute atomic E-state index is 0. The van der Waals surface area contributed by atoms with Gasteiger partial charge in [0, 0.05) is 40.8 Å². The number of morpholine rings is 1. The summed E-state index contributed by atoms with van der Waals surface area (Å²) in [6.45, 7) is 2.57. The fraction of sp³-hybridized carbons (Fsp3) is 0.833. The third-order valence-corrected chi connectivity index (χ3v) is 2.90. The van der Waals surface area contributed by atoms with Gasteiger partial charge in [-0.2, -0.15) is 0 Å². The van der Waals surface area contributed by atoms with Gasteiger partial charge in [-0.1, -0.05) is 0 Å². The summed E-state index contributed by atoms with van der Waals surface area (Å²) in [4.78, 5) is 27.0. The van der Waals surface area contributed by atoms with Crippen LogP contribution in [0.1, 0.15) is 0 Å². The summed E-state index contributed by atoms with van der Waals surface area (Å²) in [7, 11) is 4.90. The van der Waals surface area contributed by atoms with Crippen LogP contribution in [0.5, 0.6) is 0 Å². The molecular weight excluding hydrogens is 286 g/mol. The SMILES string of the molecule is COCCN(CC(=O)N(C)C)C(=O)C1CNCCO1.Cl. The lowest BCUT2D eigenvalue weighted by Crippen LogP contribution is -2.52. The molecule has 1 atom stereocenters. The maximum Gasteiger partial charge on any atom is 0.253 e. The first kappa shape index (κ1) is 19.1. The predicted octanol–water partition coefficient (Wildman–Crippen LogP) is -1.04. The summed E-state index contributed by atoms with van der Waals surface area (Å²) in [5, 5.41) is 3.10. The van der Waals surface area contributed by atoms with E-state index in [9.17, 15) is 9.59 Å². The number of hydrogen-bond acceptors (Lipinski definition) is 5. The van der Waals surface area contributed by atoms with Gasteiger partial charge < -0.3 is 24.6 Å². The second-order valence-corrected chi connectivity index (χ2v) is 4.60. The second-order valence-electron chi connectivity index (χ2n) is 4.60. The molecule has 0 spiro atoms. The largest absolute Gasteiger partial charge is 0.383 e. The Labute approximate surface area is 126 Å². The number of methoxy groups -OCH3 is 1. The highest BCUT2D eigenvalue weighted by atomic mass is 35.5. The highest BCUT2D eigenvalue weighted by Gasteiger charge is 2.28. The molecule has 118 valence electrons. The van der Waals surface area contributed by atoms with Crippen molar-refractivity contribution in [1.82, 2.24) is 15.1 Å². The molecular formula is C12H24ClN3O4. The quantitative estimate of drug-likeness (QED) is 0.679. The van der Waals surface area contributed by atoms with Crippen LogP contribution in [0.4, 0.5) is 0 Å². The summed E-state index contributed by atoms with van der Waals surface area (Å²) in [5.41, 5.74) is 0. The van der Waals surface area contributed by atoms with Crippen LogP contribution in [-0.2, 0) is 19.1 Å². The molecule has 0 aromatic rings. The summed E-state index contributed by atoms with van der Waals surface area (Å²) < 4.78 is 10.4. The van der Waals surface area contributed by atoms with Crippen molar-refractivity contribution in [2.24, 2.45) is 0 Å². The van der Waals surface area contributed by atoms with Crippen LogP contribution < -0.4 is 5.32 Å². The molecule has 1 rings (SSSR count). The Balaban J connectivity index is 0.00000361. The summed E-state index contributed by atoms with van der Waals surface area (Å²) in [5.74, 6) is -0.285. The molecule has 20 heavy (non-hydrogen) atoms. The number of carbonyl (C=O) groups is 2. The number of likely N-dealkylation sites (N-methyl/N-ethyl adjacent to an activating group) is 1. The normalized spacial score (nSPS) is 18.1. The van der Waals surface area contributed by atoms with Crippen LogP contribution >= 0.6 is 12.4 Å². The van der Waals surface area contributed by atoms with Gasteiger partial charge in [-0.05, 0) is 0 Å². The number of halogens is 1. The molecule has 1 saturated heterocycles. The molecule has 1 heterocycles. The van der Waals surface area contributed by atoms with Gasteiger partial charge in [-0.3, -0.25) is 9.59 Å². The van der Waals surface area contributed by atoms with Crippen molar-refractivity contribution < 1.29 is 19.1 Å². The Hall–Kier alpha value is -0.890. The van der Waals surface area contributed by atoms with Gasteiger partial charge >= 0.3 is 0 Å². The minimum atomic E-state index is -0.513. The zero-order valence-electron chi connectivity index (χ0n) is 12.3. The first-order chi connectivity index (χ1) is 9.06. The van der Waals surface area contributed by atoms with E-state index in [1.807, 2.05) is 0 Å². The van der Waals surface area contributed by atoms with Crippen LogP contribution in [0.3, 0.4) is 0 Å². The number of rotatable bonds is 6. The molecule has 0 saturated carbocycles. The summed E-state index contributed by atoms with van der Waals surface area (Å²) >= 11 is 0. The third kappa shape index (κ3) is 6.04. The number of nitrogens with one attached hydrogen (secondary N) is 1. The van der Waals surface area contributed by atoms with E-state index in [0.717, 1.165) is 6.54 Å². The molecule has 0 radical (unpaired) electrons. The first-order valence-electron chi connectivity index (χ1n) is 6.36. The smallest absolute Gasteiger partial charge is 0.253 e. The van der Waals surface area contributed by atoms with Crippen LogP contribution in [-0.4, -0.2) is 88.3 Å². The number of carbonyl (C=O) groups excluding carboxylic acids is 2. The lowest BCUT2D eigenvalue weighted by atomic mass is 10.2.